The van der Waals surface area contributed by atoms with Gasteiger partial charge in [0.15, 0.2) is 0 Å². The number of hydrogen-bond acceptors (Lipinski definition) is 1. The van der Waals surface area contributed by atoms with E-state index in [0.717, 1.165) is 16.9 Å². The number of aromatic nitrogens is 2. The van der Waals surface area contributed by atoms with Gasteiger partial charge in [-0.3, -0.25) is 4.68 Å². The van der Waals surface area contributed by atoms with Gasteiger partial charge in [-0.1, -0.05) is 12.1 Å². The molecule has 6 heteroatoms. The Kier molecular flexibility index (Phi) is 2.87. The summed E-state index contributed by atoms with van der Waals surface area (Å²) in [6.07, 6.45) is -2.87. The summed E-state index contributed by atoms with van der Waals surface area (Å²) in [6, 6.07) is 6.60. The fourth-order valence-electron chi connectivity index (χ4n) is 1.34. The standard InChI is InChI=1S/C11H7F4N2/c12-10-4-2-1-3-8(10)6-17-7-9(5-16-17)11(13,14)15/h1,3-5,7H,6H2. The zero-order valence-corrected chi connectivity index (χ0v) is 8.50. The van der Waals surface area contributed by atoms with Gasteiger partial charge in [-0.05, 0) is 12.1 Å². The minimum Gasteiger partial charge on any atom is -0.268 e. The van der Waals surface area contributed by atoms with Crippen LogP contribution in [0, 0.1) is 11.9 Å². The predicted octanol–water partition coefficient (Wildman–Crippen LogP) is 2.89. The first-order chi connectivity index (χ1) is 7.97. The van der Waals surface area contributed by atoms with E-state index in [2.05, 4.69) is 11.2 Å². The lowest BCUT2D eigenvalue weighted by Crippen LogP contribution is -2.04. The Labute approximate surface area is 94.5 Å². The summed E-state index contributed by atoms with van der Waals surface area (Å²) in [4.78, 5) is 0. The number of alkyl halides is 3. The van der Waals surface area contributed by atoms with Crippen molar-refractivity contribution in [3.05, 3.63) is 53.6 Å². The Morgan fingerprint density at radius 3 is 2.71 bits per heavy atom. The molecule has 89 valence electrons. The Hall–Kier alpha value is -1.85. The highest BCUT2D eigenvalue weighted by Gasteiger charge is 2.32. The molecule has 0 spiro atoms. The molecule has 1 radical (unpaired) electrons. The van der Waals surface area contributed by atoms with Gasteiger partial charge in [-0.15, -0.1) is 0 Å². The van der Waals surface area contributed by atoms with Crippen molar-refractivity contribution in [3.63, 3.8) is 0 Å². The Morgan fingerprint density at radius 1 is 1.35 bits per heavy atom. The van der Waals surface area contributed by atoms with Crippen LogP contribution in [0.4, 0.5) is 17.6 Å². The van der Waals surface area contributed by atoms with Gasteiger partial charge >= 0.3 is 6.18 Å². The first-order valence-corrected chi connectivity index (χ1v) is 4.71. The van der Waals surface area contributed by atoms with E-state index >= 15 is 0 Å². The second-order valence-corrected chi connectivity index (χ2v) is 3.44. The van der Waals surface area contributed by atoms with Gasteiger partial charge in [0.05, 0.1) is 18.3 Å². The lowest BCUT2D eigenvalue weighted by molar-refractivity contribution is -0.137. The predicted molar refractivity (Wildman–Crippen MR) is 51.6 cm³/mol. The Morgan fingerprint density at radius 2 is 2.12 bits per heavy atom. The fourth-order valence-corrected chi connectivity index (χ4v) is 1.34. The summed E-state index contributed by atoms with van der Waals surface area (Å²) < 4.78 is 51.1. The molecule has 0 fully saturated rings. The topological polar surface area (TPSA) is 17.8 Å². The number of rotatable bonds is 2. The van der Waals surface area contributed by atoms with Crippen LogP contribution >= 0.6 is 0 Å². The fraction of sp³-hybridized carbons (Fsp3) is 0.182. The molecule has 1 aromatic carbocycles. The van der Waals surface area contributed by atoms with Gasteiger partial charge in [0.25, 0.3) is 0 Å². The third kappa shape index (κ3) is 2.64. The van der Waals surface area contributed by atoms with Crippen LogP contribution in [0.5, 0.6) is 0 Å². The molecular formula is C11H7F4N2. The zero-order valence-electron chi connectivity index (χ0n) is 8.50. The molecule has 1 heterocycles. The number of nitrogens with zero attached hydrogens (tertiary/aromatic N) is 2. The van der Waals surface area contributed by atoms with Crippen LogP contribution in [-0.4, -0.2) is 9.78 Å². The number of hydrogen-bond donors (Lipinski definition) is 0. The van der Waals surface area contributed by atoms with E-state index in [0.29, 0.717) is 6.20 Å². The van der Waals surface area contributed by atoms with Crippen molar-refractivity contribution in [2.45, 2.75) is 12.7 Å². The van der Waals surface area contributed by atoms with Crippen molar-refractivity contribution in [2.24, 2.45) is 0 Å². The maximum absolute atomic E-state index is 13.2. The second kappa shape index (κ2) is 4.20. The minimum atomic E-state index is -4.43. The summed E-state index contributed by atoms with van der Waals surface area (Å²) in [7, 11) is 0. The van der Waals surface area contributed by atoms with E-state index in [1.165, 1.54) is 12.1 Å². The molecule has 0 saturated heterocycles. The number of benzene rings is 1. The van der Waals surface area contributed by atoms with Gasteiger partial charge in [0.2, 0.25) is 0 Å². The third-order valence-corrected chi connectivity index (χ3v) is 2.19. The molecule has 0 aliphatic rings. The van der Waals surface area contributed by atoms with Crippen molar-refractivity contribution in [2.75, 3.05) is 0 Å². The molecule has 0 saturated carbocycles. The quantitative estimate of drug-likeness (QED) is 0.741. The summed E-state index contributed by atoms with van der Waals surface area (Å²) in [5.41, 5.74) is -0.582. The minimum absolute atomic E-state index is 0.0450. The van der Waals surface area contributed by atoms with Crippen LogP contribution in [0.2, 0.25) is 0 Å². The Balaban J connectivity index is 2.21. The molecule has 0 atom stereocenters. The van der Waals surface area contributed by atoms with E-state index < -0.39 is 17.6 Å². The van der Waals surface area contributed by atoms with Crippen molar-refractivity contribution < 1.29 is 17.6 Å². The maximum atomic E-state index is 13.2. The van der Waals surface area contributed by atoms with E-state index in [9.17, 15) is 17.6 Å². The van der Waals surface area contributed by atoms with Crippen LogP contribution in [0.15, 0.2) is 30.6 Å². The molecule has 2 rings (SSSR count). The van der Waals surface area contributed by atoms with Crippen molar-refractivity contribution in [1.29, 1.82) is 0 Å². The van der Waals surface area contributed by atoms with E-state index in [1.807, 2.05) is 0 Å². The van der Waals surface area contributed by atoms with E-state index in [4.69, 9.17) is 0 Å². The van der Waals surface area contributed by atoms with Crippen molar-refractivity contribution in [3.8, 4) is 0 Å². The molecule has 0 aliphatic heterocycles. The molecule has 0 amide bonds. The summed E-state index contributed by atoms with van der Waals surface area (Å²) in [6.45, 7) is -0.0450. The first kappa shape index (κ1) is 11.6. The third-order valence-electron chi connectivity index (χ3n) is 2.19. The summed E-state index contributed by atoms with van der Waals surface area (Å²) >= 11 is 0. The summed E-state index contributed by atoms with van der Waals surface area (Å²) in [5.74, 6) is -0.517. The van der Waals surface area contributed by atoms with Crippen LogP contribution in [0.25, 0.3) is 0 Å². The largest absolute Gasteiger partial charge is 0.419 e. The van der Waals surface area contributed by atoms with Gasteiger partial charge in [-0.2, -0.15) is 18.3 Å². The zero-order chi connectivity index (χ0) is 12.5. The smallest absolute Gasteiger partial charge is 0.268 e. The molecular weight excluding hydrogens is 236 g/mol. The average Bonchev–Trinajstić information content (AvgIpc) is 2.69. The van der Waals surface area contributed by atoms with Crippen LogP contribution in [-0.2, 0) is 12.7 Å². The first-order valence-electron chi connectivity index (χ1n) is 4.71. The van der Waals surface area contributed by atoms with Crippen molar-refractivity contribution >= 4 is 0 Å². The summed E-state index contributed by atoms with van der Waals surface area (Å²) in [5, 5.41) is 3.54. The van der Waals surface area contributed by atoms with Crippen LogP contribution in [0.3, 0.4) is 0 Å². The van der Waals surface area contributed by atoms with Gasteiger partial charge in [-0.25, -0.2) is 4.39 Å². The van der Waals surface area contributed by atoms with Gasteiger partial charge < -0.3 is 0 Å². The average molecular weight is 243 g/mol. The monoisotopic (exact) mass is 243 g/mol. The van der Waals surface area contributed by atoms with Crippen LogP contribution in [0.1, 0.15) is 11.1 Å². The molecule has 0 aliphatic carbocycles. The second-order valence-electron chi connectivity index (χ2n) is 3.44. The molecule has 17 heavy (non-hydrogen) atoms. The highest BCUT2D eigenvalue weighted by molar-refractivity contribution is 5.17. The normalized spacial score (nSPS) is 11.8. The highest BCUT2D eigenvalue weighted by Crippen LogP contribution is 2.28. The lowest BCUT2D eigenvalue weighted by Gasteiger charge is -2.03. The van der Waals surface area contributed by atoms with Crippen molar-refractivity contribution in [1.82, 2.24) is 9.78 Å². The molecule has 1 aromatic heterocycles. The lowest BCUT2D eigenvalue weighted by atomic mass is 10.2. The molecule has 0 N–H and O–H groups in total. The number of halogens is 4. The van der Waals surface area contributed by atoms with Crippen LogP contribution < -0.4 is 0 Å². The van der Waals surface area contributed by atoms with Gasteiger partial charge in [0, 0.05) is 11.8 Å². The molecule has 2 nitrogen and oxygen atoms in total. The van der Waals surface area contributed by atoms with E-state index in [1.54, 1.807) is 0 Å². The molecule has 0 bridgehead atoms. The SMILES string of the molecule is Fc1c[c]ccc1Cn1cc(C(F)(F)F)cn1. The molecule has 2 aromatic rings. The molecule has 0 unspecified atom stereocenters. The Bertz CT molecular complexity index is 516. The maximum Gasteiger partial charge on any atom is 0.419 e. The highest BCUT2D eigenvalue weighted by atomic mass is 19.4. The van der Waals surface area contributed by atoms with E-state index in [-0.39, 0.29) is 12.1 Å². The van der Waals surface area contributed by atoms with Gasteiger partial charge in [0.1, 0.15) is 5.82 Å².